The van der Waals surface area contributed by atoms with Crippen molar-refractivity contribution in [2.24, 2.45) is 0 Å². The van der Waals surface area contributed by atoms with Gasteiger partial charge in [0.1, 0.15) is 12.7 Å². The monoisotopic (exact) mass is 398 g/mol. The number of nitrogens with zero attached hydrogens (tertiary/aromatic N) is 2. The van der Waals surface area contributed by atoms with Gasteiger partial charge in [0.05, 0.1) is 5.69 Å². The number of hydrogen-bond acceptors (Lipinski definition) is 6. The van der Waals surface area contributed by atoms with E-state index in [0.717, 1.165) is 29.3 Å². The average Bonchev–Trinajstić information content (AvgIpc) is 3.13. The van der Waals surface area contributed by atoms with Crippen molar-refractivity contribution in [1.82, 2.24) is 9.97 Å². The van der Waals surface area contributed by atoms with Crippen molar-refractivity contribution in [1.29, 1.82) is 0 Å². The van der Waals surface area contributed by atoms with E-state index in [9.17, 15) is 0 Å². The molecule has 2 aromatic heterocycles. The number of pyridine rings is 2. The van der Waals surface area contributed by atoms with E-state index in [-0.39, 0.29) is 18.8 Å². The van der Waals surface area contributed by atoms with E-state index in [2.05, 4.69) is 51.7 Å². The number of aromatic nitrogens is 2. The second kappa shape index (κ2) is 7.73. The van der Waals surface area contributed by atoms with Gasteiger partial charge in [0.25, 0.3) is 11.8 Å². The first kappa shape index (κ1) is 19.8. The Labute approximate surface area is 172 Å². The highest BCUT2D eigenvalue weighted by molar-refractivity contribution is 5.44. The lowest BCUT2D eigenvalue weighted by molar-refractivity contribution is 0.0740. The first-order chi connectivity index (χ1) is 13.8. The molecule has 0 N–H and O–H groups in total. The standard InChI is InChI=1S/C23H30N2O4/c1-12(2)17-8-20-23(24-15(17)6)29-16(10-26-20)7-14(5)21-18(13(3)4)9-19-22(25-21)28-11-27-19/h8-9,12-14,16H,7,10-11H2,1-6H3. The normalized spacial score (nSPS) is 18.4. The summed E-state index contributed by atoms with van der Waals surface area (Å²) in [4.78, 5) is 9.43. The van der Waals surface area contributed by atoms with Gasteiger partial charge >= 0.3 is 0 Å². The Balaban J connectivity index is 1.53. The summed E-state index contributed by atoms with van der Waals surface area (Å²) in [7, 11) is 0. The number of rotatable bonds is 5. The van der Waals surface area contributed by atoms with E-state index >= 15 is 0 Å². The zero-order valence-electron chi connectivity index (χ0n) is 18.1. The molecule has 0 bridgehead atoms. The Morgan fingerprint density at radius 3 is 2.31 bits per heavy atom. The van der Waals surface area contributed by atoms with Gasteiger partial charge in [-0.1, -0.05) is 34.6 Å². The Bertz CT molecular complexity index is 910. The van der Waals surface area contributed by atoms with Gasteiger partial charge < -0.3 is 18.9 Å². The van der Waals surface area contributed by atoms with E-state index in [0.29, 0.717) is 30.2 Å². The topological polar surface area (TPSA) is 62.7 Å². The zero-order valence-corrected chi connectivity index (χ0v) is 18.1. The average molecular weight is 399 g/mol. The van der Waals surface area contributed by atoms with Crippen molar-refractivity contribution in [3.63, 3.8) is 0 Å². The predicted molar refractivity (Wildman–Crippen MR) is 110 cm³/mol. The van der Waals surface area contributed by atoms with Gasteiger partial charge in [0, 0.05) is 11.6 Å². The van der Waals surface area contributed by atoms with Crippen LogP contribution in [0.2, 0.25) is 0 Å². The molecule has 6 heteroatoms. The van der Waals surface area contributed by atoms with Crippen molar-refractivity contribution in [3.8, 4) is 23.3 Å². The number of hydrogen-bond donors (Lipinski definition) is 0. The van der Waals surface area contributed by atoms with Crippen LogP contribution in [0.3, 0.4) is 0 Å². The molecule has 0 spiro atoms. The third kappa shape index (κ3) is 3.85. The summed E-state index contributed by atoms with van der Waals surface area (Å²) in [6.45, 7) is 13.6. The summed E-state index contributed by atoms with van der Waals surface area (Å²) >= 11 is 0. The van der Waals surface area contributed by atoms with Crippen LogP contribution in [0.4, 0.5) is 0 Å². The fourth-order valence-corrected chi connectivity index (χ4v) is 4.07. The lowest BCUT2D eigenvalue weighted by Gasteiger charge is -2.29. The molecule has 4 heterocycles. The molecule has 0 saturated heterocycles. The Morgan fingerprint density at radius 2 is 1.59 bits per heavy atom. The lowest BCUT2D eigenvalue weighted by atomic mass is 9.91. The van der Waals surface area contributed by atoms with Gasteiger partial charge in [-0.2, -0.15) is 0 Å². The smallest absolute Gasteiger partial charge is 0.260 e. The molecule has 0 fully saturated rings. The second-order valence-electron chi connectivity index (χ2n) is 8.64. The molecule has 156 valence electrons. The van der Waals surface area contributed by atoms with Crippen LogP contribution in [0.1, 0.15) is 81.3 Å². The molecular formula is C23H30N2O4. The third-order valence-electron chi connectivity index (χ3n) is 5.64. The molecule has 2 aliphatic rings. The molecule has 0 aromatic carbocycles. The van der Waals surface area contributed by atoms with Crippen molar-refractivity contribution >= 4 is 0 Å². The summed E-state index contributed by atoms with van der Waals surface area (Å²) in [5.74, 6) is 3.59. The van der Waals surface area contributed by atoms with Crippen molar-refractivity contribution in [2.75, 3.05) is 13.4 Å². The number of ether oxygens (including phenoxy) is 4. The van der Waals surface area contributed by atoms with Crippen LogP contribution < -0.4 is 18.9 Å². The first-order valence-electron chi connectivity index (χ1n) is 10.4. The molecular weight excluding hydrogens is 368 g/mol. The van der Waals surface area contributed by atoms with E-state index in [1.54, 1.807) is 0 Å². The highest BCUT2D eigenvalue weighted by atomic mass is 16.7. The fraction of sp³-hybridized carbons (Fsp3) is 0.565. The number of aryl methyl sites for hydroxylation is 1. The molecule has 2 unspecified atom stereocenters. The van der Waals surface area contributed by atoms with Crippen LogP contribution in [0.15, 0.2) is 12.1 Å². The molecule has 2 aliphatic heterocycles. The molecule has 4 rings (SSSR count). The van der Waals surface area contributed by atoms with Crippen molar-refractivity contribution in [2.45, 2.75) is 71.8 Å². The van der Waals surface area contributed by atoms with Gasteiger partial charge in [0.15, 0.2) is 11.5 Å². The SMILES string of the molecule is Cc1nc2c(cc1C(C)C)OCC(CC(C)c1nc3c(cc1C(C)C)OCO3)O2. The van der Waals surface area contributed by atoms with Gasteiger partial charge in [-0.15, -0.1) is 0 Å². The van der Waals surface area contributed by atoms with Crippen LogP contribution in [-0.2, 0) is 0 Å². The van der Waals surface area contributed by atoms with Crippen molar-refractivity contribution < 1.29 is 18.9 Å². The Hall–Kier alpha value is -2.50. The molecule has 29 heavy (non-hydrogen) atoms. The lowest BCUT2D eigenvalue weighted by Crippen LogP contribution is -2.31. The maximum absolute atomic E-state index is 6.21. The third-order valence-corrected chi connectivity index (χ3v) is 5.64. The minimum atomic E-state index is -0.0680. The zero-order chi connectivity index (χ0) is 20.7. The summed E-state index contributed by atoms with van der Waals surface area (Å²) < 4.78 is 23.2. The fourth-order valence-electron chi connectivity index (χ4n) is 4.07. The molecule has 0 aliphatic carbocycles. The number of fused-ring (bicyclic) bond motifs is 2. The molecule has 6 nitrogen and oxygen atoms in total. The van der Waals surface area contributed by atoms with E-state index in [1.807, 2.05) is 6.92 Å². The largest absolute Gasteiger partial charge is 0.484 e. The Morgan fingerprint density at radius 1 is 0.897 bits per heavy atom. The quantitative estimate of drug-likeness (QED) is 0.699. The van der Waals surface area contributed by atoms with E-state index in [4.69, 9.17) is 23.9 Å². The predicted octanol–water partition coefficient (Wildman–Crippen LogP) is 5.09. The van der Waals surface area contributed by atoms with Crippen LogP contribution in [-0.4, -0.2) is 29.5 Å². The summed E-state index contributed by atoms with van der Waals surface area (Å²) in [5, 5.41) is 0. The van der Waals surface area contributed by atoms with Crippen LogP contribution in [0, 0.1) is 6.92 Å². The second-order valence-corrected chi connectivity index (χ2v) is 8.64. The Kier molecular flexibility index (Phi) is 5.28. The molecule has 0 saturated carbocycles. The van der Waals surface area contributed by atoms with Gasteiger partial charge in [0.2, 0.25) is 6.79 Å². The summed E-state index contributed by atoms with van der Waals surface area (Å²) in [6.07, 6.45) is 0.722. The molecule has 2 aromatic rings. The minimum Gasteiger partial charge on any atom is -0.484 e. The molecule has 0 amide bonds. The summed E-state index contributed by atoms with van der Waals surface area (Å²) in [5.41, 5.74) is 4.42. The van der Waals surface area contributed by atoms with Crippen molar-refractivity contribution in [3.05, 3.63) is 34.6 Å². The van der Waals surface area contributed by atoms with Gasteiger partial charge in [-0.3, -0.25) is 0 Å². The highest BCUT2D eigenvalue weighted by Crippen LogP contribution is 2.39. The van der Waals surface area contributed by atoms with Gasteiger partial charge in [-0.25, -0.2) is 9.97 Å². The molecule has 0 radical (unpaired) electrons. The first-order valence-corrected chi connectivity index (χ1v) is 10.4. The highest BCUT2D eigenvalue weighted by Gasteiger charge is 2.29. The van der Waals surface area contributed by atoms with E-state index < -0.39 is 0 Å². The summed E-state index contributed by atoms with van der Waals surface area (Å²) in [6, 6.07) is 4.13. The maximum Gasteiger partial charge on any atom is 0.260 e. The van der Waals surface area contributed by atoms with Gasteiger partial charge in [-0.05, 0) is 48.4 Å². The molecule has 2 atom stereocenters. The van der Waals surface area contributed by atoms with Crippen LogP contribution in [0.25, 0.3) is 0 Å². The van der Waals surface area contributed by atoms with Crippen LogP contribution in [0.5, 0.6) is 23.3 Å². The van der Waals surface area contributed by atoms with Crippen LogP contribution >= 0.6 is 0 Å². The maximum atomic E-state index is 6.21. The minimum absolute atomic E-state index is 0.0680. The van der Waals surface area contributed by atoms with E-state index in [1.165, 1.54) is 11.1 Å².